The van der Waals surface area contributed by atoms with Crippen molar-refractivity contribution in [3.8, 4) is 11.5 Å². The van der Waals surface area contributed by atoms with Crippen LogP contribution < -0.4 is 14.8 Å². The van der Waals surface area contributed by atoms with Gasteiger partial charge >= 0.3 is 5.97 Å². The number of anilines is 1. The molecule has 1 N–H and O–H groups in total. The lowest BCUT2D eigenvalue weighted by Gasteiger charge is -2.17. The zero-order chi connectivity index (χ0) is 21.0. The van der Waals surface area contributed by atoms with Gasteiger partial charge in [-0.25, -0.2) is 0 Å². The van der Waals surface area contributed by atoms with Crippen LogP contribution in [0.3, 0.4) is 0 Å². The predicted octanol–water partition coefficient (Wildman–Crippen LogP) is 1.50. The minimum absolute atomic E-state index is 0.107. The summed E-state index contributed by atoms with van der Waals surface area (Å²) >= 11 is 0. The van der Waals surface area contributed by atoms with E-state index >= 15 is 0 Å². The van der Waals surface area contributed by atoms with Gasteiger partial charge in [-0.3, -0.25) is 24.1 Å². The molecule has 0 bridgehead atoms. The number of imide groups is 1. The number of hydrogen-bond donors (Lipinski definition) is 1. The van der Waals surface area contributed by atoms with E-state index in [1.807, 2.05) is 0 Å². The molecule has 29 heavy (non-hydrogen) atoms. The van der Waals surface area contributed by atoms with Crippen molar-refractivity contribution in [2.24, 2.45) is 5.92 Å². The summed E-state index contributed by atoms with van der Waals surface area (Å²) in [4.78, 5) is 49.1. The number of benzene rings is 1. The van der Waals surface area contributed by atoms with Crippen LogP contribution in [0, 0.1) is 5.92 Å². The van der Waals surface area contributed by atoms with Gasteiger partial charge in [0, 0.05) is 18.2 Å². The molecule has 1 aliphatic heterocycles. The van der Waals surface area contributed by atoms with E-state index in [4.69, 9.17) is 9.47 Å². The van der Waals surface area contributed by atoms with Crippen LogP contribution in [-0.2, 0) is 23.9 Å². The second-order valence-electron chi connectivity index (χ2n) is 7.03. The summed E-state index contributed by atoms with van der Waals surface area (Å²) < 4.78 is 15.8. The van der Waals surface area contributed by atoms with Crippen molar-refractivity contribution in [3.05, 3.63) is 18.2 Å². The standard InChI is InChI=1S/C20H24N2O7/c1-27-15-8-7-12(9-16(15)29-13-5-3-4-6-13)21-19(25)14-10-17(23)22(20(14)26)11-18(24)28-2/h7-9,13-14H,3-6,10-11H2,1-2H3,(H,21,25)/t14-/m0/s1. The van der Waals surface area contributed by atoms with Crippen molar-refractivity contribution in [1.82, 2.24) is 4.90 Å². The molecule has 1 aromatic rings. The molecule has 1 aliphatic carbocycles. The van der Waals surface area contributed by atoms with E-state index in [2.05, 4.69) is 10.1 Å². The molecule has 1 atom stereocenters. The average Bonchev–Trinajstić information content (AvgIpc) is 3.31. The molecule has 1 saturated carbocycles. The monoisotopic (exact) mass is 404 g/mol. The number of hydrogen-bond acceptors (Lipinski definition) is 7. The Morgan fingerprint density at radius 3 is 2.52 bits per heavy atom. The molecule has 9 nitrogen and oxygen atoms in total. The largest absolute Gasteiger partial charge is 0.493 e. The van der Waals surface area contributed by atoms with Crippen LogP contribution >= 0.6 is 0 Å². The maximum atomic E-state index is 12.6. The highest BCUT2D eigenvalue weighted by molar-refractivity contribution is 6.17. The minimum Gasteiger partial charge on any atom is -0.493 e. The molecular weight excluding hydrogens is 380 g/mol. The smallest absolute Gasteiger partial charge is 0.325 e. The number of amides is 3. The first-order chi connectivity index (χ1) is 13.9. The minimum atomic E-state index is -1.19. The first-order valence-electron chi connectivity index (χ1n) is 9.49. The van der Waals surface area contributed by atoms with Gasteiger partial charge in [0.15, 0.2) is 11.5 Å². The van der Waals surface area contributed by atoms with Crippen molar-refractivity contribution in [2.45, 2.75) is 38.2 Å². The summed E-state index contributed by atoms with van der Waals surface area (Å²) in [5, 5.41) is 2.65. The van der Waals surface area contributed by atoms with E-state index < -0.39 is 36.2 Å². The van der Waals surface area contributed by atoms with Crippen molar-refractivity contribution in [3.63, 3.8) is 0 Å². The predicted molar refractivity (Wildman–Crippen MR) is 101 cm³/mol. The van der Waals surface area contributed by atoms with Crippen molar-refractivity contribution >= 4 is 29.4 Å². The first kappa shape index (κ1) is 20.6. The SMILES string of the molecule is COC(=O)CN1C(=O)C[C@@H](C(=O)Nc2ccc(OC)c(OC3CCCC3)c2)C1=O. The summed E-state index contributed by atoms with van der Waals surface area (Å²) in [6, 6.07) is 4.94. The van der Waals surface area contributed by atoms with E-state index in [0.29, 0.717) is 17.2 Å². The van der Waals surface area contributed by atoms with Crippen LogP contribution in [0.4, 0.5) is 5.69 Å². The Bertz CT molecular complexity index is 817. The molecule has 1 aromatic carbocycles. The lowest BCUT2D eigenvalue weighted by Crippen LogP contribution is -2.38. The second kappa shape index (κ2) is 8.93. The Hall–Kier alpha value is -3.10. The van der Waals surface area contributed by atoms with Crippen LogP contribution in [0.15, 0.2) is 18.2 Å². The first-order valence-corrected chi connectivity index (χ1v) is 9.49. The van der Waals surface area contributed by atoms with Crippen LogP contribution in [0.1, 0.15) is 32.1 Å². The molecule has 0 radical (unpaired) electrons. The Kier molecular flexibility index (Phi) is 6.36. The molecule has 0 unspecified atom stereocenters. The third-order valence-corrected chi connectivity index (χ3v) is 5.10. The summed E-state index contributed by atoms with van der Waals surface area (Å²) in [7, 11) is 2.69. The van der Waals surface area contributed by atoms with Crippen LogP contribution in [-0.4, -0.2) is 55.5 Å². The molecule has 1 saturated heterocycles. The van der Waals surface area contributed by atoms with Gasteiger partial charge in [-0.1, -0.05) is 0 Å². The number of rotatable bonds is 7. The molecule has 1 heterocycles. The molecule has 0 aromatic heterocycles. The Morgan fingerprint density at radius 2 is 1.86 bits per heavy atom. The van der Waals surface area contributed by atoms with Gasteiger partial charge in [0.2, 0.25) is 17.7 Å². The van der Waals surface area contributed by atoms with E-state index in [1.54, 1.807) is 18.2 Å². The second-order valence-corrected chi connectivity index (χ2v) is 7.03. The van der Waals surface area contributed by atoms with Crippen molar-refractivity contribution in [1.29, 1.82) is 0 Å². The molecule has 9 heteroatoms. The van der Waals surface area contributed by atoms with E-state index in [-0.39, 0.29) is 12.5 Å². The number of carbonyl (C=O) groups is 4. The van der Waals surface area contributed by atoms with Gasteiger partial charge in [-0.05, 0) is 37.8 Å². The van der Waals surface area contributed by atoms with E-state index in [0.717, 1.165) is 37.7 Å². The van der Waals surface area contributed by atoms with Crippen molar-refractivity contribution in [2.75, 3.05) is 26.1 Å². The van der Waals surface area contributed by atoms with Gasteiger partial charge < -0.3 is 19.5 Å². The summed E-state index contributed by atoms with van der Waals surface area (Å²) in [5.41, 5.74) is 0.426. The summed E-state index contributed by atoms with van der Waals surface area (Å²) in [6.45, 7) is -0.500. The third-order valence-electron chi connectivity index (χ3n) is 5.10. The van der Waals surface area contributed by atoms with Gasteiger partial charge in [0.25, 0.3) is 0 Å². The van der Waals surface area contributed by atoms with E-state index in [9.17, 15) is 19.2 Å². The number of carbonyl (C=O) groups excluding carboxylic acids is 4. The lowest BCUT2D eigenvalue weighted by atomic mass is 10.1. The van der Waals surface area contributed by atoms with Crippen LogP contribution in [0.2, 0.25) is 0 Å². The topological polar surface area (TPSA) is 111 Å². The fourth-order valence-corrected chi connectivity index (χ4v) is 3.51. The summed E-state index contributed by atoms with van der Waals surface area (Å²) in [5.74, 6) is -2.77. The van der Waals surface area contributed by atoms with E-state index in [1.165, 1.54) is 7.11 Å². The molecule has 3 amide bonds. The zero-order valence-corrected chi connectivity index (χ0v) is 16.4. The number of ether oxygens (including phenoxy) is 3. The molecule has 2 fully saturated rings. The Balaban J connectivity index is 1.69. The quantitative estimate of drug-likeness (QED) is 0.416. The number of esters is 1. The Labute approximate surface area is 168 Å². The highest BCUT2D eigenvalue weighted by atomic mass is 16.5. The third kappa shape index (κ3) is 4.67. The van der Waals surface area contributed by atoms with Crippen LogP contribution in [0.5, 0.6) is 11.5 Å². The van der Waals surface area contributed by atoms with Gasteiger partial charge in [0.05, 0.1) is 20.3 Å². The van der Waals surface area contributed by atoms with Crippen LogP contribution in [0.25, 0.3) is 0 Å². The average molecular weight is 404 g/mol. The normalized spacial score (nSPS) is 19.4. The highest BCUT2D eigenvalue weighted by Gasteiger charge is 2.43. The maximum Gasteiger partial charge on any atom is 0.325 e. The van der Waals surface area contributed by atoms with Gasteiger partial charge in [-0.2, -0.15) is 0 Å². The number of methoxy groups -OCH3 is 2. The molecule has 0 spiro atoms. The zero-order valence-electron chi connectivity index (χ0n) is 16.4. The molecule has 2 aliphatic rings. The number of likely N-dealkylation sites (tertiary alicyclic amines) is 1. The number of nitrogens with zero attached hydrogens (tertiary/aromatic N) is 1. The molecular formula is C20H24N2O7. The van der Waals surface area contributed by atoms with Gasteiger partial charge in [-0.15, -0.1) is 0 Å². The summed E-state index contributed by atoms with van der Waals surface area (Å²) in [6.07, 6.45) is 3.98. The molecule has 3 rings (SSSR count). The fourth-order valence-electron chi connectivity index (χ4n) is 3.51. The van der Waals surface area contributed by atoms with Crippen molar-refractivity contribution < 1.29 is 33.4 Å². The number of nitrogens with one attached hydrogen (secondary N) is 1. The highest BCUT2D eigenvalue weighted by Crippen LogP contribution is 2.34. The molecule has 156 valence electrons. The Morgan fingerprint density at radius 1 is 1.14 bits per heavy atom. The maximum absolute atomic E-state index is 12.6. The lowest BCUT2D eigenvalue weighted by molar-refractivity contribution is -0.151. The fraction of sp³-hybridized carbons (Fsp3) is 0.500. The van der Waals surface area contributed by atoms with Gasteiger partial charge in [0.1, 0.15) is 12.5 Å².